The van der Waals surface area contributed by atoms with Gasteiger partial charge in [0, 0.05) is 6.54 Å². The summed E-state index contributed by atoms with van der Waals surface area (Å²) in [6.07, 6.45) is -3.92. The van der Waals surface area contributed by atoms with Crippen molar-refractivity contribution in [2.24, 2.45) is 0 Å². The number of hydrogen-bond donors (Lipinski definition) is 1. The van der Waals surface area contributed by atoms with E-state index in [1.807, 2.05) is 4.98 Å². The number of carbonyl (C=O) groups is 1. The van der Waals surface area contributed by atoms with Crippen LogP contribution in [-0.2, 0) is 6.18 Å². The number of likely N-dealkylation sites (tertiary alicyclic amines) is 1. The molecule has 1 N–H and O–H groups in total. The molecule has 1 aliphatic rings. The highest BCUT2D eigenvalue weighted by molar-refractivity contribution is 7.18. The van der Waals surface area contributed by atoms with Gasteiger partial charge < -0.3 is 9.72 Å². The zero-order valence-corrected chi connectivity index (χ0v) is 15.1. The number of H-pyrrole nitrogens is 1. The first kappa shape index (κ1) is 18.5. The van der Waals surface area contributed by atoms with Crippen LogP contribution in [0.2, 0.25) is 0 Å². The van der Waals surface area contributed by atoms with Crippen LogP contribution in [0.15, 0.2) is 41.2 Å². The van der Waals surface area contributed by atoms with Gasteiger partial charge in [-0.2, -0.15) is 13.2 Å². The van der Waals surface area contributed by atoms with E-state index in [4.69, 9.17) is 4.74 Å². The monoisotopic (exact) mass is 409 g/mol. The molecule has 1 atom stereocenters. The van der Waals surface area contributed by atoms with Crippen LogP contribution in [0.4, 0.5) is 18.0 Å². The molecule has 0 saturated carbocycles. The minimum absolute atomic E-state index is 0.0590. The predicted molar refractivity (Wildman–Crippen MR) is 96.4 cm³/mol. The van der Waals surface area contributed by atoms with Gasteiger partial charge in [0.15, 0.2) is 0 Å². The summed E-state index contributed by atoms with van der Waals surface area (Å²) in [6, 6.07) is 9.01. The summed E-state index contributed by atoms with van der Waals surface area (Å²) in [4.78, 5) is 32.1. The SMILES string of the molecule is O=C(Oc1ccccc1)N1CCCC1c1nc2c(=O)[nH]c(C(F)(F)F)cc2s1. The maximum absolute atomic E-state index is 12.9. The number of aromatic nitrogens is 2. The summed E-state index contributed by atoms with van der Waals surface area (Å²) >= 11 is 0.986. The van der Waals surface area contributed by atoms with E-state index in [1.54, 1.807) is 30.3 Å². The van der Waals surface area contributed by atoms with Crippen molar-refractivity contribution in [3.05, 3.63) is 57.5 Å². The molecule has 2 aromatic heterocycles. The Bertz CT molecular complexity index is 1080. The Morgan fingerprint density at radius 3 is 2.75 bits per heavy atom. The predicted octanol–water partition coefficient (Wildman–Crippen LogP) is 4.34. The number of para-hydroxylation sites is 1. The molecule has 1 fully saturated rings. The van der Waals surface area contributed by atoms with Crippen LogP contribution in [0.5, 0.6) is 5.75 Å². The van der Waals surface area contributed by atoms with Crippen molar-refractivity contribution < 1.29 is 22.7 Å². The van der Waals surface area contributed by atoms with Crippen molar-refractivity contribution in [3.8, 4) is 5.75 Å². The number of aromatic amines is 1. The van der Waals surface area contributed by atoms with E-state index in [2.05, 4.69) is 4.98 Å². The molecule has 0 spiro atoms. The standard InChI is InChI=1S/C18H14F3N3O3S/c19-18(20,21)13-9-12-14(15(25)22-13)23-16(28-12)11-7-4-8-24(11)17(26)27-10-5-2-1-3-6-10/h1-3,5-6,9,11H,4,7-8H2,(H,22,25). The van der Waals surface area contributed by atoms with Gasteiger partial charge in [-0.25, -0.2) is 9.78 Å². The first-order valence-electron chi connectivity index (χ1n) is 8.47. The summed E-state index contributed by atoms with van der Waals surface area (Å²) in [5.74, 6) is 0.397. The molecule has 10 heteroatoms. The minimum Gasteiger partial charge on any atom is -0.410 e. The highest BCUT2D eigenvalue weighted by Crippen LogP contribution is 2.37. The largest absolute Gasteiger partial charge is 0.431 e. The number of thiazole rings is 1. The van der Waals surface area contributed by atoms with E-state index >= 15 is 0 Å². The average molecular weight is 409 g/mol. The normalized spacial score (nSPS) is 17.2. The molecule has 1 saturated heterocycles. The topological polar surface area (TPSA) is 75.3 Å². The van der Waals surface area contributed by atoms with Gasteiger partial charge in [-0.3, -0.25) is 9.69 Å². The third-order valence-electron chi connectivity index (χ3n) is 4.43. The van der Waals surface area contributed by atoms with Crippen molar-refractivity contribution in [3.63, 3.8) is 0 Å². The molecular formula is C18H14F3N3O3S. The van der Waals surface area contributed by atoms with Crippen LogP contribution >= 0.6 is 11.3 Å². The van der Waals surface area contributed by atoms with E-state index < -0.39 is 29.6 Å². The Labute approximate surface area is 160 Å². The fourth-order valence-corrected chi connectivity index (χ4v) is 4.30. The summed E-state index contributed by atoms with van der Waals surface area (Å²) in [5.41, 5.74) is -2.08. The van der Waals surface area contributed by atoms with Crippen molar-refractivity contribution in [1.29, 1.82) is 0 Å². The fourth-order valence-electron chi connectivity index (χ4n) is 3.14. The molecule has 3 heterocycles. The summed E-state index contributed by atoms with van der Waals surface area (Å²) in [7, 11) is 0. The van der Waals surface area contributed by atoms with Gasteiger partial charge in [0.25, 0.3) is 5.56 Å². The van der Waals surface area contributed by atoms with E-state index in [0.717, 1.165) is 17.4 Å². The van der Waals surface area contributed by atoms with Gasteiger partial charge in [-0.05, 0) is 31.0 Å². The minimum atomic E-state index is -4.66. The van der Waals surface area contributed by atoms with Gasteiger partial charge in [-0.15, -0.1) is 11.3 Å². The lowest BCUT2D eigenvalue weighted by Gasteiger charge is -2.22. The van der Waals surface area contributed by atoms with Crippen LogP contribution < -0.4 is 10.3 Å². The second kappa shape index (κ2) is 6.93. The average Bonchev–Trinajstić information content (AvgIpc) is 3.28. The lowest BCUT2D eigenvalue weighted by Crippen LogP contribution is -2.33. The number of hydrogen-bond acceptors (Lipinski definition) is 5. The first-order valence-corrected chi connectivity index (χ1v) is 9.29. The number of alkyl halides is 3. The van der Waals surface area contributed by atoms with Crippen molar-refractivity contribution in [1.82, 2.24) is 14.9 Å². The molecule has 1 amide bonds. The number of amides is 1. The van der Waals surface area contributed by atoms with Crippen LogP contribution in [0, 0.1) is 0 Å². The molecule has 1 aliphatic heterocycles. The highest BCUT2D eigenvalue weighted by atomic mass is 32.1. The third kappa shape index (κ3) is 3.47. The Morgan fingerprint density at radius 1 is 1.29 bits per heavy atom. The summed E-state index contributed by atoms with van der Waals surface area (Å²) in [5, 5.41) is 0.419. The molecule has 6 nitrogen and oxygen atoms in total. The van der Waals surface area contributed by atoms with E-state index in [9.17, 15) is 22.8 Å². The van der Waals surface area contributed by atoms with E-state index in [1.165, 1.54) is 4.90 Å². The van der Waals surface area contributed by atoms with Crippen LogP contribution in [0.25, 0.3) is 10.2 Å². The van der Waals surface area contributed by atoms with E-state index in [-0.39, 0.29) is 10.2 Å². The van der Waals surface area contributed by atoms with Gasteiger partial charge in [-0.1, -0.05) is 18.2 Å². The van der Waals surface area contributed by atoms with E-state index in [0.29, 0.717) is 30.1 Å². The lowest BCUT2D eigenvalue weighted by atomic mass is 10.2. The van der Waals surface area contributed by atoms with Gasteiger partial charge in [0.05, 0.1) is 10.7 Å². The van der Waals surface area contributed by atoms with Crippen molar-refractivity contribution in [2.45, 2.75) is 25.1 Å². The molecule has 28 heavy (non-hydrogen) atoms. The van der Waals surface area contributed by atoms with Crippen molar-refractivity contribution >= 4 is 27.6 Å². The summed E-state index contributed by atoms with van der Waals surface area (Å²) < 4.78 is 44.3. The molecular weight excluding hydrogens is 395 g/mol. The van der Waals surface area contributed by atoms with Gasteiger partial charge in [0.2, 0.25) is 0 Å². The van der Waals surface area contributed by atoms with Crippen LogP contribution in [0.3, 0.4) is 0 Å². The lowest BCUT2D eigenvalue weighted by molar-refractivity contribution is -0.141. The first-order chi connectivity index (χ1) is 13.3. The highest BCUT2D eigenvalue weighted by Gasteiger charge is 2.35. The zero-order chi connectivity index (χ0) is 19.9. The third-order valence-corrected chi connectivity index (χ3v) is 5.54. The zero-order valence-electron chi connectivity index (χ0n) is 14.3. The van der Waals surface area contributed by atoms with Gasteiger partial charge >= 0.3 is 12.3 Å². The maximum atomic E-state index is 12.9. The fraction of sp³-hybridized carbons (Fsp3) is 0.278. The Hall–Kier alpha value is -2.88. The molecule has 4 rings (SSSR count). The number of halogens is 3. The number of nitrogens with zero attached hydrogens (tertiary/aromatic N) is 2. The molecule has 0 aliphatic carbocycles. The molecule has 1 aromatic carbocycles. The van der Waals surface area contributed by atoms with Gasteiger partial charge in [0.1, 0.15) is 22.0 Å². The number of ether oxygens (including phenoxy) is 1. The Balaban J connectivity index is 1.64. The number of rotatable bonds is 2. The molecule has 0 radical (unpaired) electrons. The molecule has 146 valence electrons. The number of carbonyl (C=O) groups excluding carboxylic acids is 1. The summed E-state index contributed by atoms with van der Waals surface area (Å²) in [6.45, 7) is 0.441. The number of benzene rings is 1. The molecule has 1 unspecified atom stereocenters. The second-order valence-electron chi connectivity index (χ2n) is 6.31. The number of pyridine rings is 1. The van der Waals surface area contributed by atoms with Crippen LogP contribution in [-0.4, -0.2) is 27.5 Å². The molecule has 3 aromatic rings. The second-order valence-corrected chi connectivity index (χ2v) is 7.37. The quantitative estimate of drug-likeness (QED) is 0.683. The smallest absolute Gasteiger partial charge is 0.410 e. The Kier molecular flexibility index (Phi) is 4.58. The van der Waals surface area contributed by atoms with Crippen molar-refractivity contribution in [2.75, 3.05) is 6.54 Å². The van der Waals surface area contributed by atoms with Crippen LogP contribution in [0.1, 0.15) is 29.6 Å². The Morgan fingerprint density at radius 2 is 2.04 bits per heavy atom. The number of nitrogens with one attached hydrogen (secondary N) is 1. The number of fused-ring (bicyclic) bond motifs is 1. The molecule has 0 bridgehead atoms. The maximum Gasteiger partial charge on any atom is 0.431 e.